The number of carbonyl (C=O) groups excluding carboxylic acids is 3. The van der Waals surface area contributed by atoms with Crippen LogP contribution in [0.4, 0.5) is 4.79 Å². The number of benzene rings is 3. The van der Waals surface area contributed by atoms with Crippen molar-refractivity contribution in [3.8, 4) is 11.4 Å². The summed E-state index contributed by atoms with van der Waals surface area (Å²) in [6.45, 7) is 8.10. The number of tetrazole rings is 1. The first-order chi connectivity index (χ1) is 27.6. The molecule has 3 aromatic carbocycles. The highest BCUT2D eigenvalue weighted by Crippen LogP contribution is 2.42. The van der Waals surface area contributed by atoms with E-state index in [9.17, 15) is 14.4 Å². The van der Waals surface area contributed by atoms with Gasteiger partial charge in [-0.3, -0.25) is 14.5 Å². The first kappa shape index (κ1) is 40.4. The van der Waals surface area contributed by atoms with Crippen LogP contribution in [-0.2, 0) is 20.5 Å². The summed E-state index contributed by atoms with van der Waals surface area (Å²) < 4.78 is 12.2. The smallest absolute Gasteiger partial charge is 0.320 e. The maximum atomic E-state index is 14.3. The standard InChI is InChI=1S/C41H49Cl2N9O5/c1-3-57-37(53)27-49-21-23-50(24-22-49)39(55)45-41(30-7-5-4-6-8-30)15-18-48(19-16-41)17-13-40(31-9-11-34(42)35(43)25-31)14-20-51(28-40)38(54)33-26-32(10-12-36(33)56-2)52-29-44-46-47-52/h4-12,25-26,29H,3,13-24,27-28H2,1-2H3,(H,45,55). The molecule has 3 amide bonds. The Balaban J connectivity index is 1.04. The second-order valence-corrected chi connectivity index (χ2v) is 15.9. The summed E-state index contributed by atoms with van der Waals surface area (Å²) in [5, 5.41) is 15.9. The summed E-state index contributed by atoms with van der Waals surface area (Å²) in [5.41, 5.74) is 2.33. The third kappa shape index (κ3) is 9.04. The lowest BCUT2D eigenvalue weighted by molar-refractivity contribution is -0.144. The number of hydrogen-bond acceptors (Lipinski definition) is 10. The predicted octanol–water partition coefficient (Wildman–Crippen LogP) is 5.03. The van der Waals surface area contributed by atoms with Crippen molar-refractivity contribution in [1.82, 2.24) is 45.1 Å². The summed E-state index contributed by atoms with van der Waals surface area (Å²) in [5.74, 6) is 0.101. The molecule has 1 atom stereocenters. The molecule has 4 aromatic rings. The number of rotatable bonds is 12. The molecule has 4 heterocycles. The first-order valence-electron chi connectivity index (χ1n) is 19.5. The minimum absolute atomic E-state index is 0.0857. The lowest BCUT2D eigenvalue weighted by Crippen LogP contribution is -2.59. The molecule has 1 unspecified atom stereocenters. The van der Waals surface area contributed by atoms with Gasteiger partial charge in [-0.1, -0.05) is 59.6 Å². The molecule has 302 valence electrons. The van der Waals surface area contributed by atoms with Crippen molar-refractivity contribution in [1.29, 1.82) is 0 Å². The second kappa shape index (κ2) is 17.8. The minimum atomic E-state index is -0.523. The van der Waals surface area contributed by atoms with Crippen molar-refractivity contribution in [3.63, 3.8) is 0 Å². The summed E-state index contributed by atoms with van der Waals surface area (Å²) >= 11 is 13.0. The van der Waals surface area contributed by atoms with E-state index in [1.807, 2.05) is 57.2 Å². The molecule has 0 saturated carbocycles. The van der Waals surface area contributed by atoms with Crippen molar-refractivity contribution >= 4 is 41.1 Å². The normalized spacial score (nSPS) is 20.0. The van der Waals surface area contributed by atoms with E-state index in [4.69, 9.17) is 32.7 Å². The van der Waals surface area contributed by atoms with Gasteiger partial charge in [0.15, 0.2) is 0 Å². The van der Waals surface area contributed by atoms with Gasteiger partial charge in [0.2, 0.25) is 0 Å². The zero-order chi connectivity index (χ0) is 40.0. The van der Waals surface area contributed by atoms with Gasteiger partial charge >= 0.3 is 12.0 Å². The molecule has 0 aliphatic carbocycles. The predicted molar refractivity (Wildman–Crippen MR) is 216 cm³/mol. The van der Waals surface area contributed by atoms with Crippen LogP contribution in [0.3, 0.4) is 0 Å². The average Bonchev–Trinajstić information content (AvgIpc) is 3.94. The lowest BCUT2D eigenvalue weighted by Gasteiger charge is -2.45. The van der Waals surface area contributed by atoms with Crippen LogP contribution >= 0.6 is 23.2 Å². The van der Waals surface area contributed by atoms with Crippen LogP contribution in [0.15, 0.2) is 73.1 Å². The van der Waals surface area contributed by atoms with Crippen LogP contribution < -0.4 is 10.1 Å². The van der Waals surface area contributed by atoms with Crippen molar-refractivity contribution in [3.05, 3.63) is 99.8 Å². The monoisotopic (exact) mass is 817 g/mol. The molecule has 3 aliphatic rings. The van der Waals surface area contributed by atoms with Crippen molar-refractivity contribution in [2.75, 3.05) is 79.2 Å². The molecule has 16 heteroatoms. The second-order valence-electron chi connectivity index (χ2n) is 15.1. The molecule has 0 bridgehead atoms. The van der Waals surface area contributed by atoms with E-state index >= 15 is 0 Å². The molecule has 3 fully saturated rings. The fraction of sp³-hybridized carbons (Fsp3) is 0.463. The van der Waals surface area contributed by atoms with E-state index in [2.05, 4.69) is 37.9 Å². The number of halogens is 2. The molecule has 3 saturated heterocycles. The van der Waals surface area contributed by atoms with Crippen molar-refractivity contribution in [2.45, 2.75) is 43.6 Å². The topological polar surface area (TPSA) is 138 Å². The SMILES string of the molecule is CCOC(=O)CN1CCN(C(=O)NC2(c3ccccc3)CCN(CCC3(c4ccc(Cl)c(Cl)c4)CCN(C(=O)c4cc(-n5cnnn5)ccc4OC)C3)CC2)CC1. The number of piperidine rings is 1. The van der Waals surface area contributed by atoms with Crippen molar-refractivity contribution < 1.29 is 23.9 Å². The molecule has 1 aromatic heterocycles. The number of piperazine rings is 1. The Morgan fingerprint density at radius 1 is 0.825 bits per heavy atom. The van der Waals surface area contributed by atoms with Gasteiger partial charge in [-0.2, -0.15) is 0 Å². The van der Waals surface area contributed by atoms with Crippen LogP contribution in [0.5, 0.6) is 5.75 Å². The molecule has 0 spiro atoms. The Hall–Kier alpha value is -4.76. The van der Waals surface area contributed by atoms with Gasteiger partial charge in [0.25, 0.3) is 5.91 Å². The third-order valence-corrected chi connectivity index (χ3v) is 12.5. The zero-order valence-corrected chi connectivity index (χ0v) is 33.9. The number of ether oxygens (including phenoxy) is 2. The number of urea groups is 1. The molecule has 7 rings (SSSR count). The molecule has 0 radical (unpaired) electrons. The van der Waals surface area contributed by atoms with Crippen LogP contribution in [0.2, 0.25) is 10.0 Å². The number of esters is 1. The Morgan fingerprint density at radius 3 is 2.28 bits per heavy atom. The Labute approximate surface area is 343 Å². The quantitative estimate of drug-likeness (QED) is 0.194. The zero-order valence-electron chi connectivity index (χ0n) is 32.4. The van der Waals surface area contributed by atoms with Crippen LogP contribution in [-0.4, -0.2) is 137 Å². The highest BCUT2D eigenvalue weighted by atomic mass is 35.5. The van der Waals surface area contributed by atoms with Gasteiger partial charge in [0, 0.05) is 57.8 Å². The van der Waals surface area contributed by atoms with E-state index in [0.717, 1.165) is 56.4 Å². The lowest BCUT2D eigenvalue weighted by atomic mass is 9.76. The minimum Gasteiger partial charge on any atom is -0.496 e. The van der Waals surface area contributed by atoms with E-state index in [1.165, 1.54) is 11.0 Å². The average molecular weight is 819 g/mol. The van der Waals surface area contributed by atoms with Gasteiger partial charge in [0.1, 0.15) is 12.1 Å². The Morgan fingerprint density at radius 2 is 1.60 bits per heavy atom. The maximum Gasteiger partial charge on any atom is 0.320 e. The van der Waals surface area contributed by atoms with Crippen LogP contribution in [0, 0.1) is 0 Å². The largest absolute Gasteiger partial charge is 0.496 e. The molecule has 57 heavy (non-hydrogen) atoms. The highest BCUT2D eigenvalue weighted by Gasteiger charge is 2.44. The number of amides is 3. The van der Waals surface area contributed by atoms with E-state index in [0.29, 0.717) is 72.9 Å². The number of likely N-dealkylation sites (tertiary alicyclic amines) is 2. The number of nitrogens with one attached hydrogen (secondary N) is 1. The number of hydrogen-bond donors (Lipinski definition) is 1. The van der Waals surface area contributed by atoms with E-state index in [1.54, 1.807) is 26.2 Å². The molecular weight excluding hydrogens is 769 g/mol. The number of methoxy groups -OCH3 is 1. The summed E-state index contributed by atoms with van der Waals surface area (Å²) in [6.07, 6.45) is 4.51. The van der Waals surface area contributed by atoms with Crippen LogP contribution in [0.1, 0.15) is 54.1 Å². The summed E-state index contributed by atoms with van der Waals surface area (Å²) in [7, 11) is 1.56. The van der Waals surface area contributed by atoms with E-state index < -0.39 is 5.54 Å². The van der Waals surface area contributed by atoms with Gasteiger partial charge in [-0.25, -0.2) is 9.48 Å². The summed E-state index contributed by atoms with van der Waals surface area (Å²) in [6, 6.07) is 21.3. The van der Waals surface area contributed by atoms with Gasteiger partial charge in [0.05, 0.1) is 47.1 Å². The van der Waals surface area contributed by atoms with Gasteiger partial charge < -0.3 is 29.5 Å². The molecule has 1 N–H and O–H groups in total. The number of nitrogens with zero attached hydrogens (tertiary/aromatic N) is 8. The fourth-order valence-electron chi connectivity index (χ4n) is 8.47. The molecule has 3 aliphatic heterocycles. The maximum absolute atomic E-state index is 14.3. The number of carbonyl (C=O) groups is 3. The third-order valence-electron chi connectivity index (χ3n) is 11.8. The molecule has 14 nitrogen and oxygen atoms in total. The Bertz CT molecular complexity index is 2020. The highest BCUT2D eigenvalue weighted by molar-refractivity contribution is 6.42. The van der Waals surface area contributed by atoms with Crippen molar-refractivity contribution in [2.24, 2.45) is 0 Å². The van der Waals surface area contributed by atoms with Gasteiger partial charge in [-0.15, -0.1) is 5.10 Å². The Kier molecular flexibility index (Phi) is 12.6. The van der Waals surface area contributed by atoms with Gasteiger partial charge in [-0.05, 0) is 91.0 Å². The van der Waals surface area contributed by atoms with E-state index in [-0.39, 0.29) is 29.9 Å². The first-order valence-corrected chi connectivity index (χ1v) is 20.3. The van der Waals surface area contributed by atoms with Crippen LogP contribution in [0.25, 0.3) is 5.69 Å². The summed E-state index contributed by atoms with van der Waals surface area (Å²) in [4.78, 5) is 48.3. The molecular formula is C41H49Cl2N9O5. The number of aromatic nitrogens is 4. The fourth-order valence-corrected chi connectivity index (χ4v) is 8.76.